The standard InChI is InChI=1S/C24H27N3O3/c1-4-21-20(14-25-27(21)15-17-8-6-5-7-9-17)24(28)26-11-10-18-12-22(29-2)23(30-3)13-19(18)16-26/h5-9,12-14H,4,10-11,15-16H2,1-3H3. The van der Waals surface area contributed by atoms with Gasteiger partial charge in [0.25, 0.3) is 5.91 Å². The van der Waals surface area contributed by atoms with Crippen LogP contribution in [-0.4, -0.2) is 41.4 Å². The van der Waals surface area contributed by atoms with E-state index in [1.54, 1.807) is 20.4 Å². The second-order valence-corrected chi connectivity index (χ2v) is 7.45. The molecular weight excluding hydrogens is 378 g/mol. The summed E-state index contributed by atoms with van der Waals surface area (Å²) in [6.07, 6.45) is 3.26. The first-order chi connectivity index (χ1) is 14.6. The van der Waals surface area contributed by atoms with E-state index in [2.05, 4.69) is 24.2 Å². The Kier molecular flexibility index (Phi) is 5.74. The van der Waals surface area contributed by atoms with Gasteiger partial charge in [0.05, 0.1) is 38.2 Å². The van der Waals surface area contributed by atoms with Crippen LogP contribution in [0.4, 0.5) is 0 Å². The molecule has 2 heterocycles. The predicted octanol–water partition coefficient (Wildman–Crippen LogP) is 3.71. The van der Waals surface area contributed by atoms with Gasteiger partial charge < -0.3 is 14.4 Å². The lowest BCUT2D eigenvalue weighted by Crippen LogP contribution is -2.36. The number of benzene rings is 2. The number of rotatable bonds is 6. The van der Waals surface area contributed by atoms with Gasteiger partial charge in [-0.25, -0.2) is 0 Å². The molecule has 3 aromatic rings. The molecule has 0 aliphatic carbocycles. The van der Waals surface area contributed by atoms with Crippen molar-refractivity contribution in [2.24, 2.45) is 0 Å². The summed E-state index contributed by atoms with van der Waals surface area (Å²) in [5.41, 5.74) is 5.13. The van der Waals surface area contributed by atoms with Gasteiger partial charge in [-0.3, -0.25) is 9.48 Å². The molecule has 4 rings (SSSR count). The molecule has 0 fully saturated rings. The van der Waals surface area contributed by atoms with Gasteiger partial charge in [0, 0.05) is 13.1 Å². The first-order valence-corrected chi connectivity index (χ1v) is 10.3. The van der Waals surface area contributed by atoms with Crippen molar-refractivity contribution >= 4 is 5.91 Å². The number of carbonyl (C=O) groups is 1. The lowest BCUT2D eigenvalue weighted by Gasteiger charge is -2.29. The van der Waals surface area contributed by atoms with Gasteiger partial charge >= 0.3 is 0 Å². The van der Waals surface area contributed by atoms with Crippen LogP contribution in [-0.2, 0) is 25.9 Å². The Bertz CT molecular complexity index is 1040. The maximum atomic E-state index is 13.3. The molecule has 0 radical (unpaired) electrons. The van der Waals surface area contributed by atoms with Crippen molar-refractivity contribution in [3.63, 3.8) is 0 Å². The van der Waals surface area contributed by atoms with Gasteiger partial charge in [-0.05, 0) is 41.7 Å². The molecule has 0 bridgehead atoms. The van der Waals surface area contributed by atoms with Gasteiger partial charge in [0.1, 0.15) is 0 Å². The molecule has 6 heteroatoms. The molecule has 30 heavy (non-hydrogen) atoms. The number of ether oxygens (including phenoxy) is 2. The average Bonchev–Trinajstić information content (AvgIpc) is 3.20. The zero-order chi connectivity index (χ0) is 21.1. The quantitative estimate of drug-likeness (QED) is 0.627. The van der Waals surface area contributed by atoms with Gasteiger partial charge in [0.15, 0.2) is 11.5 Å². The molecule has 0 unspecified atom stereocenters. The van der Waals surface area contributed by atoms with Gasteiger partial charge in [-0.2, -0.15) is 5.10 Å². The molecule has 1 aliphatic rings. The molecular formula is C24H27N3O3. The van der Waals surface area contributed by atoms with E-state index in [-0.39, 0.29) is 5.91 Å². The smallest absolute Gasteiger partial charge is 0.257 e. The van der Waals surface area contributed by atoms with Crippen LogP contribution < -0.4 is 9.47 Å². The Labute approximate surface area is 177 Å². The van der Waals surface area contributed by atoms with E-state index in [0.717, 1.165) is 29.8 Å². The number of nitrogens with zero attached hydrogens (tertiary/aromatic N) is 3. The van der Waals surface area contributed by atoms with Crippen molar-refractivity contribution in [1.29, 1.82) is 0 Å². The first-order valence-electron chi connectivity index (χ1n) is 10.3. The van der Waals surface area contributed by atoms with Crippen LogP contribution in [0.2, 0.25) is 0 Å². The van der Waals surface area contributed by atoms with Crippen molar-refractivity contribution in [2.75, 3.05) is 20.8 Å². The number of hydrogen-bond donors (Lipinski definition) is 0. The minimum atomic E-state index is 0.0339. The topological polar surface area (TPSA) is 56.6 Å². The number of amides is 1. The molecule has 0 N–H and O–H groups in total. The summed E-state index contributed by atoms with van der Waals surface area (Å²) < 4.78 is 12.8. The molecule has 0 saturated heterocycles. The molecule has 156 valence electrons. The summed E-state index contributed by atoms with van der Waals surface area (Å²) >= 11 is 0. The number of hydrogen-bond acceptors (Lipinski definition) is 4. The highest BCUT2D eigenvalue weighted by Gasteiger charge is 2.26. The van der Waals surface area contributed by atoms with Gasteiger partial charge in [-0.1, -0.05) is 37.3 Å². The molecule has 6 nitrogen and oxygen atoms in total. The van der Waals surface area contributed by atoms with Crippen LogP contribution in [0.1, 0.15) is 39.7 Å². The molecule has 1 aromatic heterocycles. The summed E-state index contributed by atoms with van der Waals surface area (Å²) in [5.74, 6) is 1.45. The maximum Gasteiger partial charge on any atom is 0.257 e. The fraction of sp³-hybridized carbons (Fsp3) is 0.333. The molecule has 2 aromatic carbocycles. The van der Waals surface area contributed by atoms with Crippen molar-refractivity contribution in [1.82, 2.24) is 14.7 Å². The summed E-state index contributed by atoms with van der Waals surface area (Å²) in [6.45, 7) is 3.96. The van der Waals surface area contributed by atoms with Crippen LogP contribution in [0, 0.1) is 0 Å². The van der Waals surface area contributed by atoms with Crippen LogP contribution >= 0.6 is 0 Å². The summed E-state index contributed by atoms with van der Waals surface area (Å²) in [4.78, 5) is 15.2. The van der Waals surface area contributed by atoms with Gasteiger partial charge in [0.2, 0.25) is 0 Å². The van der Waals surface area contributed by atoms with Crippen molar-refractivity contribution in [3.8, 4) is 11.5 Å². The molecule has 0 atom stereocenters. The normalized spacial score (nSPS) is 13.1. The Morgan fingerprint density at radius 3 is 2.43 bits per heavy atom. The van der Waals surface area contributed by atoms with E-state index in [1.165, 1.54) is 11.1 Å². The van der Waals surface area contributed by atoms with E-state index in [0.29, 0.717) is 30.9 Å². The van der Waals surface area contributed by atoms with Gasteiger partial charge in [-0.15, -0.1) is 0 Å². The molecule has 0 spiro atoms. The van der Waals surface area contributed by atoms with Crippen molar-refractivity contribution in [3.05, 3.63) is 76.6 Å². The fourth-order valence-corrected chi connectivity index (χ4v) is 4.08. The predicted molar refractivity (Wildman–Crippen MR) is 115 cm³/mol. The highest BCUT2D eigenvalue weighted by molar-refractivity contribution is 5.95. The third kappa shape index (κ3) is 3.77. The Balaban J connectivity index is 1.57. The van der Waals surface area contributed by atoms with E-state index < -0.39 is 0 Å². The summed E-state index contributed by atoms with van der Waals surface area (Å²) in [6, 6.07) is 14.2. The Morgan fingerprint density at radius 2 is 1.77 bits per heavy atom. The zero-order valence-corrected chi connectivity index (χ0v) is 17.7. The molecule has 1 amide bonds. The van der Waals surface area contributed by atoms with Crippen molar-refractivity contribution < 1.29 is 14.3 Å². The SMILES string of the molecule is CCc1c(C(=O)N2CCc3cc(OC)c(OC)cc3C2)cnn1Cc1ccccc1. The number of fused-ring (bicyclic) bond motifs is 1. The lowest BCUT2D eigenvalue weighted by atomic mass is 9.98. The average molecular weight is 405 g/mol. The van der Waals surface area contributed by atoms with E-state index in [9.17, 15) is 4.79 Å². The second-order valence-electron chi connectivity index (χ2n) is 7.45. The Morgan fingerprint density at radius 1 is 1.07 bits per heavy atom. The second kappa shape index (κ2) is 8.61. The van der Waals surface area contributed by atoms with E-state index in [4.69, 9.17) is 9.47 Å². The summed E-state index contributed by atoms with van der Waals surface area (Å²) in [5, 5.41) is 4.53. The minimum Gasteiger partial charge on any atom is -0.493 e. The third-order valence-electron chi connectivity index (χ3n) is 5.69. The number of aromatic nitrogens is 2. The maximum absolute atomic E-state index is 13.3. The molecule has 0 saturated carbocycles. The molecule has 1 aliphatic heterocycles. The minimum absolute atomic E-state index is 0.0339. The van der Waals surface area contributed by atoms with Crippen LogP contribution in [0.5, 0.6) is 11.5 Å². The number of methoxy groups -OCH3 is 2. The summed E-state index contributed by atoms with van der Waals surface area (Å²) in [7, 11) is 3.27. The van der Waals surface area contributed by atoms with E-state index in [1.807, 2.05) is 39.9 Å². The largest absolute Gasteiger partial charge is 0.493 e. The third-order valence-corrected chi connectivity index (χ3v) is 5.69. The highest BCUT2D eigenvalue weighted by atomic mass is 16.5. The zero-order valence-electron chi connectivity index (χ0n) is 17.7. The highest BCUT2D eigenvalue weighted by Crippen LogP contribution is 2.33. The lowest BCUT2D eigenvalue weighted by molar-refractivity contribution is 0.0733. The van der Waals surface area contributed by atoms with Crippen LogP contribution in [0.15, 0.2) is 48.7 Å². The van der Waals surface area contributed by atoms with Crippen LogP contribution in [0.3, 0.4) is 0 Å². The number of carbonyl (C=O) groups excluding carboxylic acids is 1. The first kappa shape index (κ1) is 20.0. The Hall–Kier alpha value is -3.28. The monoisotopic (exact) mass is 405 g/mol. The van der Waals surface area contributed by atoms with Crippen LogP contribution in [0.25, 0.3) is 0 Å². The van der Waals surface area contributed by atoms with Crippen molar-refractivity contribution in [2.45, 2.75) is 32.9 Å². The van der Waals surface area contributed by atoms with E-state index >= 15 is 0 Å². The fourth-order valence-electron chi connectivity index (χ4n) is 4.08.